The summed E-state index contributed by atoms with van der Waals surface area (Å²) in [5, 5.41) is 3.08. The monoisotopic (exact) mass is 424 g/mol. The topological polar surface area (TPSA) is 102 Å². The molecule has 0 bridgehead atoms. The molecule has 0 radical (unpaired) electrons. The first-order valence-corrected chi connectivity index (χ1v) is 10.4. The molecular weight excluding hydrogens is 404 g/mol. The second-order valence-electron chi connectivity index (χ2n) is 6.06. The number of anilines is 1. The summed E-state index contributed by atoms with van der Waals surface area (Å²) in [7, 11) is -3.93. The Bertz CT molecular complexity index is 945. The summed E-state index contributed by atoms with van der Waals surface area (Å²) in [5.41, 5.74) is 0.0427. The molecule has 0 saturated carbocycles. The molecule has 0 aliphatic carbocycles. The number of hydrogen-bond acceptors (Lipinski definition) is 5. The van der Waals surface area contributed by atoms with Crippen molar-refractivity contribution in [1.29, 1.82) is 0 Å². The molecule has 0 spiro atoms. The zero-order valence-electron chi connectivity index (χ0n) is 15.4. The van der Waals surface area contributed by atoms with Crippen LogP contribution < -0.4 is 10.0 Å². The molecule has 150 valence electrons. The van der Waals surface area contributed by atoms with Crippen LogP contribution in [0.25, 0.3) is 0 Å². The summed E-state index contributed by atoms with van der Waals surface area (Å²) < 4.78 is 32.4. The molecule has 2 aromatic carbocycles. The quantitative estimate of drug-likeness (QED) is 0.633. The Balaban J connectivity index is 2.13. The van der Waals surface area contributed by atoms with Gasteiger partial charge in [0, 0.05) is 11.1 Å². The number of halogens is 1. The third-order valence-corrected chi connectivity index (χ3v) is 5.50. The van der Waals surface area contributed by atoms with Gasteiger partial charge >= 0.3 is 5.97 Å². The van der Waals surface area contributed by atoms with E-state index in [1.807, 2.05) is 13.8 Å². The van der Waals surface area contributed by atoms with Gasteiger partial charge in [-0.05, 0) is 49.7 Å². The van der Waals surface area contributed by atoms with Gasteiger partial charge in [-0.2, -0.15) is 0 Å². The van der Waals surface area contributed by atoms with Crippen LogP contribution in [0, 0.1) is 0 Å². The van der Waals surface area contributed by atoms with Gasteiger partial charge in [-0.15, -0.1) is 0 Å². The van der Waals surface area contributed by atoms with Crippen LogP contribution in [0.15, 0.2) is 53.4 Å². The molecule has 1 amide bonds. The highest BCUT2D eigenvalue weighted by atomic mass is 35.5. The van der Waals surface area contributed by atoms with E-state index in [4.69, 9.17) is 16.3 Å². The highest BCUT2D eigenvalue weighted by Crippen LogP contribution is 2.22. The highest BCUT2D eigenvalue weighted by molar-refractivity contribution is 7.92. The molecule has 0 aliphatic heterocycles. The predicted molar refractivity (Wildman–Crippen MR) is 107 cm³/mol. The van der Waals surface area contributed by atoms with Gasteiger partial charge in [0.05, 0.1) is 16.1 Å². The number of hydrogen-bond donors (Lipinski definition) is 2. The van der Waals surface area contributed by atoms with Gasteiger partial charge in [0.15, 0.2) is 6.61 Å². The summed E-state index contributed by atoms with van der Waals surface area (Å²) in [4.78, 5) is 24.1. The van der Waals surface area contributed by atoms with Crippen molar-refractivity contribution in [2.75, 3.05) is 11.3 Å². The molecule has 2 aromatic rings. The zero-order chi connectivity index (χ0) is 20.7. The number of ether oxygens (including phenoxy) is 1. The first kappa shape index (κ1) is 21.7. The van der Waals surface area contributed by atoms with E-state index in [0.717, 1.165) is 6.42 Å². The molecule has 0 saturated heterocycles. The summed E-state index contributed by atoms with van der Waals surface area (Å²) in [6, 6.07) is 11.6. The number of amides is 1. The van der Waals surface area contributed by atoms with Crippen molar-refractivity contribution in [3.63, 3.8) is 0 Å². The molecule has 1 atom stereocenters. The van der Waals surface area contributed by atoms with E-state index in [9.17, 15) is 18.0 Å². The number of rotatable bonds is 8. The molecule has 2 rings (SSSR count). The molecule has 2 N–H and O–H groups in total. The van der Waals surface area contributed by atoms with Crippen LogP contribution in [0.1, 0.15) is 30.6 Å². The largest absolute Gasteiger partial charge is 0.452 e. The van der Waals surface area contributed by atoms with Crippen LogP contribution in [0.3, 0.4) is 0 Å². The lowest BCUT2D eigenvalue weighted by atomic mass is 10.2. The molecule has 0 fully saturated rings. The average molecular weight is 425 g/mol. The number of carbonyl (C=O) groups is 2. The maximum Gasteiger partial charge on any atom is 0.340 e. The van der Waals surface area contributed by atoms with E-state index in [2.05, 4.69) is 10.0 Å². The summed E-state index contributed by atoms with van der Waals surface area (Å²) in [6.45, 7) is 3.29. The lowest BCUT2D eigenvalue weighted by molar-refractivity contribution is -0.124. The van der Waals surface area contributed by atoms with E-state index in [-0.39, 0.29) is 22.2 Å². The summed E-state index contributed by atoms with van der Waals surface area (Å²) in [5.74, 6) is -1.24. The van der Waals surface area contributed by atoms with Gasteiger partial charge < -0.3 is 10.1 Å². The Kier molecular flexibility index (Phi) is 7.42. The number of para-hydroxylation sites is 1. The van der Waals surface area contributed by atoms with Gasteiger partial charge in [-0.1, -0.05) is 30.7 Å². The van der Waals surface area contributed by atoms with Gasteiger partial charge in [0.25, 0.3) is 15.9 Å². The van der Waals surface area contributed by atoms with E-state index in [0.29, 0.717) is 5.02 Å². The van der Waals surface area contributed by atoms with Gasteiger partial charge in [0.1, 0.15) is 0 Å². The van der Waals surface area contributed by atoms with Crippen LogP contribution >= 0.6 is 11.6 Å². The Morgan fingerprint density at radius 3 is 2.39 bits per heavy atom. The van der Waals surface area contributed by atoms with Crippen LogP contribution in [-0.4, -0.2) is 32.9 Å². The second-order valence-corrected chi connectivity index (χ2v) is 8.18. The van der Waals surface area contributed by atoms with Crippen LogP contribution in [0.4, 0.5) is 5.69 Å². The lowest BCUT2D eigenvalue weighted by Gasteiger charge is -2.13. The first-order valence-electron chi connectivity index (χ1n) is 8.57. The fourth-order valence-electron chi connectivity index (χ4n) is 2.19. The van der Waals surface area contributed by atoms with Crippen LogP contribution in [-0.2, 0) is 19.6 Å². The minimum Gasteiger partial charge on any atom is -0.452 e. The normalized spacial score (nSPS) is 12.1. The molecule has 0 aromatic heterocycles. The third kappa shape index (κ3) is 5.97. The van der Waals surface area contributed by atoms with Gasteiger partial charge in [-0.3, -0.25) is 9.52 Å². The molecule has 28 heavy (non-hydrogen) atoms. The fraction of sp³-hybridized carbons (Fsp3) is 0.263. The maximum absolute atomic E-state index is 12.5. The Hall–Kier alpha value is -2.58. The minimum atomic E-state index is -3.93. The van der Waals surface area contributed by atoms with Crippen molar-refractivity contribution in [3.8, 4) is 0 Å². The standard InChI is InChI=1S/C19H21ClN2O5S/c1-3-13(2)21-18(23)12-27-19(24)16-6-4-5-7-17(16)22-28(25,26)15-10-8-14(20)9-11-15/h4-11,13,22H,3,12H2,1-2H3,(H,21,23)/t13-/m1/s1. The number of benzene rings is 2. The number of sulfonamides is 1. The van der Waals surface area contributed by atoms with Gasteiger partial charge in [0.2, 0.25) is 0 Å². The van der Waals surface area contributed by atoms with Gasteiger partial charge in [-0.25, -0.2) is 13.2 Å². The second kappa shape index (κ2) is 9.57. The van der Waals surface area contributed by atoms with Crippen molar-refractivity contribution in [2.45, 2.75) is 31.2 Å². The molecule has 0 aliphatic rings. The van der Waals surface area contributed by atoms with Crippen LogP contribution in [0.5, 0.6) is 0 Å². The summed E-state index contributed by atoms with van der Waals surface area (Å²) in [6.07, 6.45) is 0.745. The smallest absolute Gasteiger partial charge is 0.340 e. The van der Waals surface area contributed by atoms with E-state index >= 15 is 0 Å². The highest BCUT2D eigenvalue weighted by Gasteiger charge is 2.20. The maximum atomic E-state index is 12.5. The Morgan fingerprint density at radius 1 is 1.11 bits per heavy atom. The third-order valence-electron chi connectivity index (χ3n) is 3.87. The number of nitrogens with one attached hydrogen (secondary N) is 2. The van der Waals surface area contributed by atoms with E-state index in [1.54, 1.807) is 12.1 Å². The minimum absolute atomic E-state index is 0.00335. The molecule has 9 heteroatoms. The first-order chi connectivity index (χ1) is 13.2. The SMILES string of the molecule is CC[C@@H](C)NC(=O)COC(=O)c1ccccc1NS(=O)(=O)c1ccc(Cl)cc1. The number of esters is 1. The van der Waals surface area contributed by atoms with Crippen molar-refractivity contribution in [1.82, 2.24) is 5.32 Å². The molecular formula is C19H21ClN2O5S. The van der Waals surface area contributed by atoms with E-state index < -0.39 is 28.5 Å². The Labute approximate surface area is 169 Å². The summed E-state index contributed by atoms with van der Waals surface area (Å²) >= 11 is 5.78. The predicted octanol–water partition coefficient (Wildman–Crippen LogP) is 3.21. The Morgan fingerprint density at radius 2 is 1.75 bits per heavy atom. The molecule has 0 heterocycles. The van der Waals surface area contributed by atoms with Crippen LogP contribution in [0.2, 0.25) is 5.02 Å². The van der Waals surface area contributed by atoms with Crippen molar-refractivity contribution < 1.29 is 22.7 Å². The van der Waals surface area contributed by atoms with Crippen molar-refractivity contribution in [2.24, 2.45) is 0 Å². The van der Waals surface area contributed by atoms with Crippen molar-refractivity contribution >= 4 is 39.2 Å². The fourth-order valence-corrected chi connectivity index (χ4v) is 3.40. The van der Waals surface area contributed by atoms with Crippen molar-refractivity contribution in [3.05, 3.63) is 59.1 Å². The van der Waals surface area contributed by atoms with E-state index in [1.165, 1.54) is 36.4 Å². The number of carbonyl (C=O) groups excluding carboxylic acids is 2. The zero-order valence-corrected chi connectivity index (χ0v) is 17.0. The average Bonchev–Trinajstić information content (AvgIpc) is 2.66. The molecule has 0 unspecified atom stereocenters. The lowest BCUT2D eigenvalue weighted by Crippen LogP contribution is -2.35. The molecule has 7 nitrogen and oxygen atoms in total.